The summed E-state index contributed by atoms with van der Waals surface area (Å²) in [6.45, 7) is 1.67. The number of nitrogens with zero attached hydrogens (tertiary/aromatic N) is 3. The number of hydrogen-bond donors (Lipinski definition) is 1. The molecule has 0 unspecified atom stereocenters. The van der Waals surface area contributed by atoms with Gasteiger partial charge in [0.15, 0.2) is 5.82 Å². The highest BCUT2D eigenvalue weighted by molar-refractivity contribution is 5.85. The molecule has 0 amide bonds. The third-order valence-electron chi connectivity index (χ3n) is 4.50. The van der Waals surface area contributed by atoms with E-state index in [-0.39, 0.29) is 24.8 Å². The fraction of sp³-hybridized carbons (Fsp3) is 0.529. The van der Waals surface area contributed by atoms with Crippen LogP contribution in [0.5, 0.6) is 0 Å². The van der Waals surface area contributed by atoms with E-state index in [1.807, 2.05) is 12.1 Å². The first-order chi connectivity index (χ1) is 11.3. The average molecular weight is 355 g/mol. The summed E-state index contributed by atoms with van der Waals surface area (Å²) in [5.41, 5.74) is 6.27. The number of hydrogen-bond acceptors (Lipinski definition) is 5. The fourth-order valence-corrected chi connectivity index (χ4v) is 3.24. The maximum Gasteiger partial charge on any atom is 0.240 e. The van der Waals surface area contributed by atoms with E-state index in [0.29, 0.717) is 30.7 Å². The molecule has 7 heteroatoms. The van der Waals surface area contributed by atoms with Crippen molar-refractivity contribution in [2.75, 3.05) is 6.54 Å². The van der Waals surface area contributed by atoms with Crippen LogP contribution in [-0.2, 0) is 19.5 Å². The van der Waals surface area contributed by atoms with E-state index >= 15 is 0 Å². The second-order valence-electron chi connectivity index (χ2n) is 6.06. The van der Waals surface area contributed by atoms with Crippen molar-refractivity contribution in [1.29, 1.82) is 0 Å². The zero-order chi connectivity index (χ0) is 16.1. The molecule has 0 radical (unpaired) electrons. The standard InChI is InChI=1S/C17H23FN4O.ClH/c18-15-8-4-1-5-13(15)9-10-22(14-6-2-3-7-14)12-16-20-17(11-19)23-21-16;/h1,4-5,8,14H,2-3,6-7,9-12,19H2;1H. The molecule has 1 heterocycles. The van der Waals surface area contributed by atoms with Gasteiger partial charge in [-0.05, 0) is 30.9 Å². The van der Waals surface area contributed by atoms with E-state index < -0.39 is 0 Å². The second kappa shape index (κ2) is 9.11. The van der Waals surface area contributed by atoms with Gasteiger partial charge in [0.05, 0.1) is 13.1 Å². The predicted octanol–water partition coefficient (Wildman–Crippen LogP) is 3.08. The molecule has 0 atom stereocenters. The smallest absolute Gasteiger partial charge is 0.240 e. The van der Waals surface area contributed by atoms with Crippen molar-refractivity contribution < 1.29 is 8.91 Å². The number of aromatic nitrogens is 2. The maximum absolute atomic E-state index is 13.8. The van der Waals surface area contributed by atoms with Crippen molar-refractivity contribution in [2.45, 2.75) is 51.2 Å². The Morgan fingerprint density at radius 2 is 2.00 bits per heavy atom. The van der Waals surface area contributed by atoms with Crippen molar-refractivity contribution in [3.8, 4) is 0 Å². The summed E-state index contributed by atoms with van der Waals surface area (Å²) in [5, 5.41) is 3.99. The van der Waals surface area contributed by atoms with Crippen LogP contribution in [0.25, 0.3) is 0 Å². The van der Waals surface area contributed by atoms with Gasteiger partial charge in [0.25, 0.3) is 0 Å². The number of rotatable bonds is 7. The summed E-state index contributed by atoms with van der Waals surface area (Å²) in [6, 6.07) is 7.48. The average Bonchev–Trinajstić information content (AvgIpc) is 3.24. The van der Waals surface area contributed by atoms with E-state index in [1.165, 1.54) is 31.7 Å². The fourth-order valence-electron chi connectivity index (χ4n) is 3.24. The molecule has 1 saturated carbocycles. The van der Waals surface area contributed by atoms with E-state index in [1.54, 1.807) is 6.07 Å². The summed E-state index contributed by atoms with van der Waals surface area (Å²) < 4.78 is 18.9. The minimum atomic E-state index is -0.135. The third kappa shape index (κ3) is 4.75. The lowest BCUT2D eigenvalue weighted by atomic mass is 10.1. The Balaban J connectivity index is 0.00000208. The number of benzene rings is 1. The van der Waals surface area contributed by atoms with Crippen molar-refractivity contribution in [3.05, 3.63) is 47.4 Å². The minimum Gasteiger partial charge on any atom is -0.338 e. The van der Waals surface area contributed by atoms with E-state index in [9.17, 15) is 4.39 Å². The first-order valence-corrected chi connectivity index (χ1v) is 8.25. The molecule has 1 aliphatic carbocycles. The Hall–Kier alpha value is -1.50. The summed E-state index contributed by atoms with van der Waals surface area (Å²) in [4.78, 5) is 6.65. The molecular formula is C17H24ClFN4O. The molecule has 1 aliphatic rings. The second-order valence-corrected chi connectivity index (χ2v) is 6.06. The Kier molecular flexibility index (Phi) is 7.15. The Bertz CT molecular complexity index is 631. The SMILES string of the molecule is Cl.NCc1nc(CN(CCc2ccccc2F)C2CCCC2)no1. The lowest BCUT2D eigenvalue weighted by molar-refractivity contribution is 0.184. The van der Waals surface area contributed by atoms with Crippen LogP contribution < -0.4 is 5.73 Å². The molecule has 1 aromatic carbocycles. The molecule has 0 aliphatic heterocycles. The first kappa shape index (κ1) is 18.8. The lowest BCUT2D eigenvalue weighted by Gasteiger charge is -2.27. The zero-order valence-electron chi connectivity index (χ0n) is 13.7. The van der Waals surface area contributed by atoms with Crippen LogP contribution in [0.1, 0.15) is 43.0 Å². The molecule has 0 bridgehead atoms. The van der Waals surface area contributed by atoms with Gasteiger partial charge in [0.1, 0.15) is 5.82 Å². The number of nitrogens with two attached hydrogens (primary N) is 1. The quantitative estimate of drug-likeness (QED) is 0.827. The van der Waals surface area contributed by atoms with Crippen molar-refractivity contribution in [1.82, 2.24) is 15.0 Å². The molecule has 3 rings (SSSR count). The molecule has 2 aromatic rings. The monoisotopic (exact) mass is 354 g/mol. The van der Waals surface area contributed by atoms with Crippen LogP contribution in [0.15, 0.2) is 28.8 Å². The molecule has 5 nitrogen and oxygen atoms in total. The molecular weight excluding hydrogens is 331 g/mol. The molecule has 2 N–H and O–H groups in total. The highest BCUT2D eigenvalue weighted by Crippen LogP contribution is 2.25. The Morgan fingerprint density at radius 3 is 2.67 bits per heavy atom. The molecule has 24 heavy (non-hydrogen) atoms. The van der Waals surface area contributed by atoms with Crippen LogP contribution >= 0.6 is 12.4 Å². The van der Waals surface area contributed by atoms with E-state index in [0.717, 1.165) is 12.1 Å². The molecule has 1 aromatic heterocycles. The van der Waals surface area contributed by atoms with Gasteiger partial charge in [-0.2, -0.15) is 4.98 Å². The number of halogens is 2. The molecule has 132 valence electrons. The zero-order valence-corrected chi connectivity index (χ0v) is 14.5. The van der Waals surface area contributed by atoms with Gasteiger partial charge in [0.2, 0.25) is 5.89 Å². The highest BCUT2D eigenvalue weighted by Gasteiger charge is 2.24. The van der Waals surface area contributed by atoms with Crippen LogP contribution in [0.2, 0.25) is 0 Å². The third-order valence-corrected chi connectivity index (χ3v) is 4.50. The highest BCUT2D eigenvalue weighted by atomic mass is 35.5. The first-order valence-electron chi connectivity index (χ1n) is 8.25. The summed E-state index contributed by atoms with van der Waals surface area (Å²) in [7, 11) is 0. The molecule has 0 spiro atoms. The summed E-state index contributed by atoms with van der Waals surface area (Å²) >= 11 is 0. The van der Waals surface area contributed by atoms with Gasteiger partial charge < -0.3 is 10.3 Å². The van der Waals surface area contributed by atoms with Crippen molar-refractivity contribution in [3.63, 3.8) is 0 Å². The normalized spacial score (nSPS) is 15.0. The van der Waals surface area contributed by atoms with E-state index in [4.69, 9.17) is 10.3 Å². The summed E-state index contributed by atoms with van der Waals surface area (Å²) in [5.74, 6) is 0.982. The van der Waals surface area contributed by atoms with Gasteiger partial charge in [0, 0.05) is 12.6 Å². The van der Waals surface area contributed by atoms with Gasteiger partial charge in [-0.1, -0.05) is 36.2 Å². The van der Waals surface area contributed by atoms with Crippen molar-refractivity contribution >= 4 is 12.4 Å². The topological polar surface area (TPSA) is 68.2 Å². The maximum atomic E-state index is 13.8. The van der Waals surface area contributed by atoms with Crippen molar-refractivity contribution in [2.24, 2.45) is 5.73 Å². The minimum absolute atomic E-state index is 0. The Labute approximate surface area is 147 Å². The van der Waals surface area contributed by atoms with Crippen LogP contribution in [0.4, 0.5) is 4.39 Å². The van der Waals surface area contributed by atoms with Gasteiger partial charge in [-0.25, -0.2) is 4.39 Å². The van der Waals surface area contributed by atoms with Gasteiger partial charge in [-0.15, -0.1) is 12.4 Å². The van der Waals surface area contributed by atoms with Gasteiger partial charge in [-0.3, -0.25) is 4.90 Å². The summed E-state index contributed by atoms with van der Waals surface area (Å²) in [6.07, 6.45) is 5.55. The molecule has 0 saturated heterocycles. The van der Waals surface area contributed by atoms with Crippen LogP contribution in [0, 0.1) is 5.82 Å². The molecule has 1 fully saturated rings. The van der Waals surface area contributed by atoms with Crippen LogP contribution in [0.3, 0.4) is 0 Å². The largest absolute Gasteiger partial charge is 0.338 e. The van der Waals surface area contributed by atoms with Crippen LogP contribution in [-0.4, -0.2) is 27.6 Å². The predicted molar refractivity (Wildman–Crippen MR) is 92.2 cm³/mol. The Morgan fingerprint density at radius 1 is 1.25 bits per heavy atom. The van der Waals surface area contributed by atoms with Gasteiger partial charge >= 0.3 is 0 Å². The van der Waals surface area contributed by atoms with E-state index in [2.05, 4.69) is 15.0 Å². The lowest BCUT2D eigenvalue weighted by Crippen LogP contribution is -2.35.